The number of benzene rings is 1. The van der Waals surface area contributed by atoms with Crippen molar-refractivity contribution in [3.63, 3.8) is 0 Å². The Morgan fingerprint density at radius 1 is 1.32 bits per heavy atom. The van der Waals surface area contributed by atoms with Crippen molar-refractivity contribution in [2.24, 2.45) is 5.41 Å². The number of alkyl halides is 3. The first-order valence-corrected chi connectivity index (χ1v) is 6.52. The number of para-hydroxylation sites is 1. The molecule has 1 spiro atoms. The topological polar surface area (TPSA) is 15.3 Å². The van der Waals surface area contributed by atoms with Crippen LogP contribution in [0, 0.1) is 5.41 Å². The van der Waals surface area contributed by atoms with Crippen molar-refractivity contribution < 1.29 is 13.2 Å². The van der Waals surface area contributed by atoms with Crippen molar-refractivity contribution in [2.75, 3.05) is 31.6 Å². The molecule has 3 rings (SSSR count). The summed E-state index contributed by atoms with van der Waals surface area (Å²) in [5.41, 5.74) is 0.791. The number of anilines is 1. The van der Waals surface area contributed by atoms with Gasteiger partial charge in [0.05, 0.1) is 11.3 Å². The average Bonchev–Trinajstić information content (AvgIpc) is 2.75. The Hall–Kier alpha value is -1.23. The molecular weight excluding hydrogens is 253 g/mol. The Morgan fingerprint density at radius 3 is 2.74 bits per heavy atom. The van der Waals surface area contributed by atoms with Crippen LogP contribution in [0.1, 0.15) is 17.5 Å². The lowest BCUT2D eigenvalue weighted by molar-refractivity contribution is -0.137. The zero-order valence-electron chi connectivity index (χ0n) is 10.8. The molecule has 5 heteroatoms. The monoisotopic (exact) mass is 270 g/mol. The minimum absolute atomic E-state index is 0.103. The van der Waals surface area contributed by atoms with Crippen LogP contribution in [0.15, 0.2) is 18.2 Å². The number of halogens is 3. The third-order valence-electron chi connectivity index (χ3n) is 4.28. The maximum Gasteiger partial charge on any atom is 0.418 e. The van der Waals surface area contributed by atoms with Crippen LogP contribution < -0.4 is 10.2 Å². The minimum atomic E-state index is -4.28. The number of hydrogen-bond acceptors (Lipinski definition) is 2. The summed E-state index contributed by atoms with van der Waals surface area (Å²) in [6.07, 6.45) is -2.51. The summed E-state index contributed by atoms with van der Waals surface area (Å²) in [6.45, 7) is 2.55. The smallest absolute Gasteiger partial charge is 0.373 e. The molecule has 0 amide bonds. The van der Waals surface area contributed by atoms with E-state index in [0.717, 1.165) is 31.5 Å². The summed E-state index contributed by atoms with van der Waals surface area (Å²) >= 11 is 0. The molecule has 2 nitrogen and oxygen atoms in total. The second-order valence-corrected chi connectivity index (χ2v) is 5.77. The summed E-state index contributed by atoms with van der Waals surface area (Å²) in [7, 11) is 1.77. The molecule has 1 fully saturated rings. The van der Waals surface area contributed by atoms with E-state index in [1.54, 1.807) is 11.9 Å². The molecule has 0 radical (unpaired) electrons. The van der Waals surface area contributed by atoms with E-state index in [9.17, 15) is 13.2 Å². The van der Waals surface area contributed by atoms with Gasteiger partial charge in [0.25, 0.3) is 0 Å². The van der Waals surface area contributed by atoms with Gasteiger partial charge in [0.1, 0.15) is 0 Å². The summed E-state index contributed by atoms with van der Waals surface area (Å²) < 4.78 is 39.2. The first-order valence-electron chi connectivity index (χ1n) is 6.52. The highest BCUT2D eigenvalue weighted by molar-refractivity contribution is 5.62. The van der Waals surface area contributed by atoms with E-state index in [0.29, 0.717) is 12.2 Å². The van der Waals surface area contributed by atoms with Crippen molar-refractivity contribution >= 4 is 5.69 Å². The van der Waals surface area contributed by atoms with Crippen LogP contribution in [0.2, 0.25) is 0 Å². The van der Waals surface area contributed by atoms with Gasteiger partial charge in [0, 0.05) is 25.6 Å². The first kappa shape index (κ1) is 12.8. The third kappa shape index (κ3) is 2.10. The number of fused-ring (bicyclic) bond motifs is 1. The minimum Gasteiger partial charge on any atom is -0.373 e. The van der Waals surface area contributed by atoms with Crippen LogP contribution in [-0.4, -0.2) is 26.7 Å². The molecule has 2 heterocycles. The van der Waals surface area contributed by atoms with Crippen LogP contribution in [-0.2, 0) is 12.6 Å². The van der Waals surface area contributed by atoms with Gasteiger partial charge >= 0.3 is 6.18 Å². The summed E-state index contributed by atoms with van der Waals surface area (Å²) in [5.74, 6) is 0. The molecule has 0 aliphatic carbocycles. The van der Waals surface area contributed by atoms with Gasteiger partial charge in [0.2, 0.25) is 0 Å². The number of rotatable bonds is 0. The van der Waals surface area contributed by atoms with Crippen molar-refractivity contribution in [3.05, 3.63) is 29.3 Å². The molecule has 0 bridgehead atoms. The molecule has 0 saturated carbocycles. The van der Waals surface area contributed by atoms with Crippen molar-refractivity contribution in [2.45, 2.75) is 19.0 Å². The van der Waals surface area contributed by atoms with E-state index in [1.165, 1.54) is 12.1 Å². The van der Waals surface area contributed by atoms with E-state index >= 15 is 0 Å². The van der Waals surface area contributed by atoms with Crippen molar-refractivity contribution in [1.82, 2.24) is 5.32 Å². The Labute approximate surface area is 110 Å². The quantitative estimate of drug-likeness (QED) is 0.779. The highest BCUT2D eigenvalue weighted by Crippen LogP contribution is 2.45. The fourth-order valence-corrected chi connectivity index (χ4v) is 3.54. The van der Waals surface area contributed by atoms with Gasteiger partial charge in [-0.3, -0.25) is 0 Å². The Bertz CT molecular complexity index is 490. The molecule has 1 N–H and O–H groups in total. The van der Waals surface area contributed by atoms with Gasteiger partial charge in [0.15, 0.2) is 0 Å². The van der Waals surface area contributed by atoms with Crippen LogP contribution in [0.4, 0.5) is 18.9 Å². The summed E-state index contributed by atoms with van der Waals surface area (Å²) in [6, 6.07) is 4.54. The summed E-state index contributed by atoms with van der Waals surface area (Å²) in [4.78, 5) is 1.79. The van der Waals surface area contributed by atoms with Crippen LogP contribution in [0.3, 0.4) is 0 Å². The molecule has 2 aliphatic rings. The zero-order chi connectivity index (χ0) is 13.7. The zero-order valence-corrected chi connectivity index (χ0v) is 10.8. The predicted octanol–water partition coefficient (Wildman–Crippen LogP) is 2.68. The number of hydrogen-bond donors (Lipinski definition) is 1. The Kier molecular flexibility index (Phi) is 2.78. The van der Waals surface area contributed by atoms with E-state index in [4.69, 9.17) is 0 Å². The Balaban J connectivity index is 2.06. The predicted molar refractivity (Wildman–Crippen MR) is 68.3 cm³/mol. The molecule has 1 saturated heterocycles. The normalized spacial score (nSPS) is 26.8. The maximum absolute atomic E-state index is 13.1. The lowest BCUT2D eigenvalue weighted by atomic mass is 9.76. The largest absolute Gasteiger partial charge is 0.418 e. The van der Waals surface area contributed by atoms with Gasteiger partial charge in [-0.15, -0.1) is 0 Å². The second kappa shape index (κ2) is 4.13. The molecular formula is C14H17F3N2. The first-order chi connectivity index (χ1) is 8.91. The molecule has 19 heavy (non-hydrogen) atoms. The highest BCUT2D eigenvalue weighted by atomic mass is 19.4. The van der Waals surface area contributed by atoms with E-state index in [2.05, 4.69) is 5.32 Å². The van der Waals surface area contributed by atoms with Crippen LogP contribution in [0.25, 0.3) is 0 Å². The maximum atomic E-state index is 13.1. The van der Waals surface area contributed by atoms with E-state index in [1.807, 2.05) is 6.07 Å². The van der Waals surface area contributed by atoms with Crippen LogP contribution in [0.5, 0.6) is 0 Å². The molecule has 104 valence electrons. The van der Waals surface area contributed by atoms with E-state index < -0.39 is 11.7 Å². The SMILES string of the molecule is CN1CC2(CCNC2)Cc2cccc(C(F)(F)F)c21. The van der Waals surface area contributed by atoms with Gasteiger partial charge in [-0.1, -0.05) is 12.1 Å². The van der Waals surface area contributed by atoms with Crippen molar-refractivity contribution in [3.8, 4) is 0 Å². The molecule has 1 aromatic carbocycles. The lowest BCUT2D eigenvalue weighted by Crippen LogP contribution is -2.44. The standard InChI is InChI=1S/C14H17F3N2/c1-19-9-13(5-6-18-8-13)7-10-3-2-4-11(12(10)19)14(15,16)17/h2-4,18H,5-9H2,1H3. The van der Waals surface area contributed by atoms with Crippen LogP contribution >= 0.6 is 0 Å². The Morgan fingerprint density at radius 2 is 2.11 bits per heavy atom. The summed E-state index contributed by atoms with van der Waals surface area (Å²) in [5, 5.41) is 3.33. The lowest BCUT2D eigenvalue weighted by Gasteiger charge is -2.41. The fraction of sp³-hybridized carbons (Fsp3) is 0.571. The second-order valence-electron chi connectivity index (χ2n) is 5.77. The highest BCUT2D eigenvalue weighted by Gasteiger charge is 2.43. The number of nitrogens with zero attached hydrogens (tertiary/aromatic N) is 1. The number of nitrogens with one attached hydrogen (secondary N) is 1. The van der Waals surface area contributed by atoms with Gasteiger partial charge < -0.3 is 10.2 Å². The molecule has 1 atom stereocenters. The average molecular weight is 270 g/mol. The third-order valence-corrected chi connectivity index (χ3v) is 4.28. The van der Waals surface area contributed by atoms with Gasteiger partial charge in [-0.25, -0.2) is 0 Å². The van der Waals surface area contributed by atoms with E-state index in [-0.39, 0.29) is 5.41 Å². The molecule has 1 unspecified atom stereocenters. The molecule has 0 aromatic heterocycles. The van der Waals surface area contributed by atoms with Crippen molar-refractivity contribution in [1.29, 1.82) is 0 Å². The molecule has 1 aromatic rings. The fourth-order valence-electron chi connectivity index (χ4n) is 3.54. The van der Waals surface area contributed by atoms with Gasteiger partial charge in [-0.2, -0.15) is 13.2 Å². The van der Waals surface area contributed by atoms with Gasteiger partial charge in [-0.05, 0) is 31.0 Å². The molecule has 2 aliphatic heterocycles.